The molecule has 132 valence electrons. The van der Waals surface area contributed by atoms with Crippen molar-refractivity contribution in [3.05, 3.63) is 0 Å². The fraction of sp³-hybridized carbons (Fsp3) is 0.857. The largest absolute Gasteiger partial charge is 0.229 e. The van der Waals surface area contributed by atoms with E-state index >= 15 is 0 Å². The summed E-state index contributed by atoms with van der Waals surface area (Å²) in [4.78, 5) is 0. The van der Waals surface area contributed by atoms with Gasteiger partial charge in [-0.2, -0.15) is 8.80 Å². The van der Waals surface area contributed by atoms with Crippen LogP contribution >= 0.6 is 44.9 Å². The number of isothiocyanates is 2. The van der Waals surface area contributed by atoms with Crippen LogP contribution in [0.4, 0.5) is 0 Å². The first-order chi connectivity index (χ1) is 10.9. The summed E-state index contributed by atoms with van der Waals surface area (Å²) < 4.78 is 33.7. The van der Waals surface area contributed by atoms with Gasteiger partial charge in [-0.05, 0) is 73.1 Å². The fourth-order valence-corrected chi connectivity index (χ4v) is 13.9. The first-order valence-electron chi connectivity index (χ1n) is 7.86. The van der Waals surface area contributed by atoms with Crippen LogP contribution in [0.1, 0.15) is 25.7 Å². The van der Waals surface area contributed by atoms with Gasteiger partial charge >= 0.3 is 0 Å². The van der Waals surface area contributed by atoms with E-state index in [4.69, 9.17) is 24.4 Å². The summed E-state index contributed by atoms with van der Waals surface area (Å²) in [5.74, 6) is 5.79. The second-order valence-electron chi connectivity index (χ2n) is 6.16. The summed E-state index contributed by atoms with van der Waals surface area (Å²) in [6.45, 7) is 0. The maximum atomic E-state index is 12.5. The summed E-state index contributed by atoms with van der Waals surface area (Å²) in [6, 6.07) is 0. The number of hydrogen-bond donors (Lipinski definition) is 0. The van der Waals surface area contributed by atoms with Gasteiger partial charge in [-0.25, -0.2) is 8.42 Å². The third kappa shape index (κ3) is 5.63. The molecule has 4 nitrogen and oxygen atoms in total. The van der Waals surface area contributed by atoms with Crippen LogP contribution in [-0.2, 0) is 9.84 Å². The van der Waals surface area contributed by atoms with Crippen LogP contribution < -0.4 is 0 Å². The molecular weight excluding hydrogens is 389 g/mol. The van der Waals surface area contributed by atoms with E-state index in [2.05, 4.69) is 19.1 Å². The van der Waals surface area contributed by atoms with Gasteiger partial charge in [0.2, 0.25) is 0 Å². The quantitative estimate of drug-likeness (QED) is 0.451. The molecule has 0 amide bonds. The molecule has 2 saturated heterocycles. The zero-order chi connectivity index (χ0) is 16.8. The summed E-state index contributed by atoms with van der Waals surface area (Å²) in [7, 11) is -5.52. The Labute approximate surface area is 153 Å². The molecule has 2 rings (SSSR count). The third-order valence-corrected chi connectivity index (χ3v) is 14.3. The lowest BCUT2D eigenvalue weighted by atomic mass is 10.4. The number of rotatable bonds is 8. The van der Waals surface area contributed by atoms with E-state index in [1.807, 2.05) is 0 Å². The van der Waals surface area contributed by atoms with E-state index in [9.17, 15) is 8.42 Å². The van der Waals surface area contributed by atoms with Crippen molar-refractivity contribution in [3.8, 4) is 0 Å². The standard InChI is InChI=1S/C14H24N2O2S5/c17-23(18,11-9-21(15-13-19)5-1-2-6-21)12-10-22(16-14-20)7-3-4-8-22/h1-12H2. The molecule has 2 aliphatic rings. The van der Waals surface area contributed by atoms with Gasteiger partial charge in [-0.15, -0.1) is 20.4 Å². The Hall–Kier alpha value is 0.250. The Morgan fingerprint density at radius 3 is 1.43 bits per heavy atom. The molecule has 0 aromatic rings. The van der Waals surface area contributed by atoms with Gasteiger partial charge in [0.15, 0.2) is 9.84 Å². The minimum Gasteiger partial charge on any atom is -0.229 e. The molecule has 0 aromatic heterocycles. The lowest BCUT2D eigenvalue weighted by molar-refractivity contribution is 0.599. The van der Waals surface area contributed by atoms with E-state index < -0.39 is 30.3 Å². The Morgan fingerprint density at radius 1 is 0.783 bits per heavy atom. The topological polar surface area (TPSA) is 58.9 Å². The molecule has 2 fully saturated rings. The molecule has 2 aliphatic heterocycles. The fourth-order valence-electron chi connectivity index (χ4n) is 3.19. The van der Waals surface area contributed by atoms with E-state index in [-0.39, 0.29) is 11.5 Å². The number of thiocarbonyl (C=S) groups is 2. The second kappa shape index (κ2) is 8.56. The van der Waals surface area contributed by atoms with Gasteiger partial charge in [-0.3, -0.25) is 0 Å². The summed E-state index contributed by atoms with van der Waals surface area (Å²) in [6.07, 6.45) is 4.53. The van der Waals surface area contributed by atoms with Crippen molar-refractivity contribution in [3.63, 3.8) is 0 Å². The Kier molecular flexibility index (Phi) is 7.29. The van der Waals surface area contributed by atoms with Crippen LogP contribution in [0.2, 0.25) is 0 Å². The first kappa shape index (κ1) is 19.6. The highest BCUT2D eigenvalue weighted by Gasteiger charge is 2.32. The van der Waals surface area contributed by atoms with Crippen LogP contribution in [0, 0.1) is 0 Å². The summed E-state index contributed by atoms with van der Waals surface area (Å²) >= 11 is 9.53. The molecule has 9 heteroatoms. The van der Waals surface area contributed by atoms with Crippen LogP contribution in [0.5, 0.6) is 0 Å². The first-order valence-corrected chi connectivity index (χ1v) is 14.7. The van der Waals surface area contributed by atoms with E-state index in [0.717, 1.165) is 48.7 Å². The predicted molar refractivity (Wildman–Crippen MR) is 112 cm³/mol. The minimum atomic E-state index is -3.07. The Bertz CT molecular complexity index is 561. The van der Waals surface area contributed by atoms with Gasteiger partial charge < -0.3 is 0 Å². The molecule has 0 N–H and O–H groups in total. The lowest BCUT2D eigenvalue weighted by Gasteiger charge is -2.30. The van der Waals surface area contributed by atoms with Gasteiger partial charge in [0.05, 0.1) is 21.8 Å². The lowest BCUT2D eigenvalue weighted by Crippen LogP contribution is -2.22. The SMILES string of the molecule is O=S(=O)(CCS1(N=C=S)CCCC1)CCS1(N=C=S)CCCC1. The minimum absolute atomic E-state index is 0.222. The number of nitrogens with zero attached hydrogens (tertiary/aromatic N) is 2. The molecule has 0 radical (unpaired) electrons. The van der Waals surface area contributed by atoms with Crippen molar-refractivity contribution in [2.45, 2.75) is 25.7 Å². The normalized spacial score (nSPS) is 25.0. The smallest absolute Gasteiger partial charge is 0.151 e. The molecule has 0 atom stereocenters. The van der Waals surface area contributed by atoms with Gasteiger partial charge in [0, 0.05) is 11.5 Å². The maximum Gasteiger partial charge on any atom is 0.151 e. The summed E-state index contributed by atoms with van der Waals surface area (Å²) in [5, 5.41) is 5.01. The van der Waals surface area contributed by atoms with Crippen molar-refractivity contribution in [1.82, 2.24) is 0 Å². The number of sulfone groups is 1. The van der Waals surface area contributed by atoms with Crippen LogP contribution in [0.15, 0.2) is 8.80 Å². The van der Waals surface area contributed by atoms with E-state index in [0.29, 0.717) is 11.5 Å². The molecule has 0 spiro atoms. The van der Waals surface area contributed by atoms with Crippen LogP contribution in [0.25, 0.3) is 0 Å². The van der Waals surface area contributed by atoms with Crippen LogP contribution in [0.3, 0.4) is 0 Å². The summed E-state index contributed by atoms with van der Waals surface area (Å²) in [5.41, 5.74) is 0. The van der Waals surface area contributed by atoms with Crippen molar-refractivity contribution < 1.29 is 8.42 Å². The Morgan fingerprint density at radius 2 is 1.13 bits per heavy atom. The van der Waals surface area contributed by atoms with Crippen LogP contribution in [-0.4, -0.2) is 64.8 Å². The molecule has 23 heavy (non-hydrogen) atoms. The predicted octanol–water partition coefficient (Wildman–Crippen LogP) is 3.63. The molecule has 0 aliphatic carbocycles. The Balaban J connectivity index is 1.94. The zero-order valence-electron chi connectivity index (χ0n) is 13.2. The van der Waals surface area contributed by atoms with Gasteiger partial charge in [-0.1, -0.05) is 0 Å². The number of hydrogen-bond acceptors (Lipinski definition) is 6. The van der Waals surface area contributed by atoms with E-state index in [1.54, 1.807) is 0 Å². The average molecular weight is 413 g/mol. The highest BCUT2D eigenvalue weighted by molar-refractivity contribution is 8.33. The second-order valence-corrected chi connectivity index (χ2v) is 15.6. The van der Waals surface area contributed by atoms with Gasteiger partial charge in [0.25, 0.3) is 0 Å². The van der Waals surface area contributed by atoms with E-state index in [1.165, 1.54) is 0 Å². The molecule has 0 saturated carbocycles. The zero-order valence-corrected chi connectivity index (χ0v) is 17.3. The molecule has 0 aromatic carbocycles. The van der Waals surface area contributed by atoms with Crippen molar-refractivity contribution in [2.75, 3.05) is 46.0 Å². The molecule has 2 heterocycles. The molecule has 0 bridgehead atoms. The maximum absolute atomic E-state index is 12.5. The van der Waals surface area contributed by atoms with Crippen molar-refractivity contribution in [2.24, 2.45) is 8.80 Å². The monoisotopic (exact) mass is 412 g/mol. The van der Waals surface area contributed by atoms with Crippen molar-refractivity contribution >= 4 is 65.0 Å². The third-order valence-electron chi connectivity index (χ3n) is 4.61. The molecular formula is C14H24N2O2S5. The highest BCUT2D eigenvalue weighted by atomic mass is 32.3. The highest BCUT2D eigenvalue weighted by Crippen LogP contribution is 2.56. The average Bonchev–Trinajstić information content (AvgIpc) is 3.15. The van der Waals surface area contributed by atoms with Crippen molar-refractivity contribution in [1.29, 1.82) is 0 Å². The molecule has 0 unspecified atom stereocenters. The van der Waals surface area contributed by atoms with Gasteiger partial charge in [0.1, 0.15) is 0 Å².